The Morgan fingerprint density at radius 2 is 2.33 bits per heavy atom. The highest BCUT2D eigenvalue weighted by molar-refractivity contribution is 5.81. The van der Waals surface area contributed by atoms with E-state index in [1.54, 1.807) is 7.11 Å². The van der Waals surface area contributed by atoms with Crippen molar-refractivity contribution in [3.63, 3.8) is 0 Å². The van der Waals surface area contributed by atoms with Crippen LogP contribution in [0.1, 0.15) is 26.7 Å². The van der Waals surface area contributed by atoms with Crippen LogP contribution in [0.25, 0.3) is 0 Å². The molecule has 0 spiro atoms. The molecule has 1 aliphatic rings. The highest BCUT2D eigenvalue weighted by Gasteiger charge is 2.35. The van der Waals surface area contributed by atoms with Gasteiger partial charge in [0.1, 0.15) is 0 Å². The van der Waals surface area contributed by atoms with Crippen molar-refractivity contribution in [2.75, 3.05) is 33.4 Å². The van der Waals surface area contributed by atoms with Crippen molar-refractivity contribution in [3.8, 4) is 0 Å². The number of rotatable bonds is 7. The molecule has 0 saturated carbocycles. The minimum atomic E-state index is -0.172. The molecular formula is C13H26N2O3. The van der Waals surface area contributed by atoms with Crippen LogP contribution in [-0.4, -0.2) is 61.4 Å². The van der Waals surface area contributed by atoms with Gasteiger partial charge in [0.25, 0.3) is 0 Å². The zero-order valence-corrected chi connectivity index (χ0v) is 11.7. The lowest BCUT2D eigenvalue weighted by Crippen LogP contribution is -2.49. The van der Waals surface area contributed by atoms with Gasteiger partial charge in [0.2, 0.25) is 5.91 Å². The number of amides is 1. The Kier molecular flexibility index (Phi) is 6.60. The zero-order valence-electron chi connectivity index (χ0n) is 11.7. The SMILES string of the molecule is COCCCNC(=O)C(C)N1CCC(C)C1CO. The molecule has 1 aliphatic heterocycles. The maximum absolute atomic E-state index is 12.0. The van der Waals surface area contributed by atoms with Gasteiger partial charge in [-0.2, -0.15) is 0 Å². The minimum absolute atomic E-state index is 0.0404. The molecule has 1 rings (SSSR count). The molecule has 106 valence electrons. The summed E-state index contributed by atoms with van der Waals surface area (Å²) in [5.41, 5.74) is 0. The maximum atomic E-state index is 12.0. The number of hydrogen-bond donors (Lipinski definition) is 2. The third-order valence-electron chi connectivity index (χ3n) is 3.81. The van der Waals surface area contributed by atoms with E-state index in [4.69, 9.17) is 4.74 Å². The second-order valence-corrected chi connectivity index (χ2v) is 5.07. The van der Waals surface area contributed by atoms with E-state index in [9.17, 15) is 9.90 Å². The topological polar surface area (TPSA) is 61.8 Å². The molecule has 5 heteroatoms. The number of carbonyl (C=O) groups is 1. The lowest BCUT2D eigenvalue weighted by Gasteiger charge is -2.30. The number of aliphatic hydroxyl groups excluding tert-OH is 1. The molecule has 1 heterocycles. The van der Waals surface area contributed by atoms with Gasteiger partial charge in [-0.05, 0) is 32.2 Å². The van der Waals surface area contributed by atoms with E-state index in [1.165, 1.54) is 0 Å². The van der Waals surface area contributed by atoms with Crippen LogP contribution in [-0.2, 0) is 9.53 Å². The summed E-state index contributed by atoms with van der Waals surface area (Å²) in [5.74, 6) is 0.498. The highest BCUT2D eigenvalue weighted by atomic mass is 16.5. The first-order valence-electron chi connectivity index (χ1n) is 6.75. The minimum Gasteiger partial charge on any atom is -0.395 e. The molecule has 3 unspecified atom stereocenters. The quantitative estimate of drug-likeness (QED) is 0.642. The summed E-state index contributed by atoms with van der Waals surface area (Å²) < 4.78 is 4.94. The van der Waals surface area contributed by atoms with E-state index in [0.29, 0.717) is 19.1 Å². The van der Waals surface area contributed by atoms with E-state index in [2.05, 4.69) is 17.1 Å². The number of nitrogens with zero attached hydrogens (tertiary/aromatic N) is 1. The lowest BCUT2D eigenvalue weighted by atomic mass is 10.0. The Balaban J connectivity index is 2.38. The second-order valence-electron chi connectivity index (χ2n) is 5.07. The van der Waals surface area contributed by atoms with Crippen LogP contribution >= 0.6 is 0 Å². The number of methoxy groups -OCH3 is 1. The molecule has 18 heavy (non-hydrogen) atoms. The summed E-state index contributed by atoms with van der Waals surface area (Å²) in [6, 6.07) is -0.0561. The van der Waals surface area contributed by atoms with Gasteiger partial charge in [0.15, 0.2) is 0 Å². The fraction of sp³-hybridized carbons (Fsp3) is 0.923. The van der Waals surface area contributed by atoms with Crippen LogP contribution in [0.3, 0.4) is 0 Å². The number of nitrogens with one attached hydrogen (secondary N) is 1. The Morgan fingerprint density at radius 1 is 1.61 bits per heavy atom. The first-order chi connectivity index (χ1) is 8.61. The van der Waals surface area contributed by atoms with Gasteiger partial charge in [-0.25, -0.2) is 0 Å². The van der Waals surface area contributed by atoms with Crippen molar-refractivity contribution in [2.24, 2.45) is 5.92 Å². The first-order valence-corrected chi connectivity index (χ1v) is 6.75. The molecule has 0 aliphatic carbocycles. The third kappa shape index (κ3) is 3.93. The number of carbonyl (C=O) groups excluding carboxylic acids is 1. The largest absolute Gasteiger partial charge is 0.395 e. The van der Waals surface area contributed by atoms with E-state index >= 15 is 0 Å². The average molecular weight is 258 g/mol. The summed E-state index contributed by atoms with van der Waals surface area (Å²) in [7, 11) is 1.65. The molecule has 0 aromatic carbocycles. The number of aliphatic hydroxyl groups is 1. The smallest absolute Gasteiger partial charge is 0.237 e. The molecule has 0 aromatic rings. The predicted octanol–water partition coefficient (Wildman–Crippen LogP) is 0.230. The van der Waals surface area contributed by atoms with Crippen LogP contribution in [0.5, 0.6) is 0 Å². The highest BCUT2D eigenvalue weighted by Crippen LogP contribution is 2.25. The Morgan fingerprint density at radius 3 is 2.94 bits per heavy atom. The Bertz CT molecular complexity index is 261. The molecule has 0 radical (unpaired) electrons. The molecule has 1 fully saturated rings. The molecule has 0 bridgehead atoms. The van der Waals surface area contributed by atoms with Gasteiger partial charge in [0, 0.05) is 26.3 Å². The van der Waals surface area contributed by atoms with Crippen LogP contribution in [0, 0.1) is 5.92 Å². The Labute approximate surface area is 109 Å². The van der Waals surface area contributed by atoms with Crippen LogP contribution in [0.2, 0.25) is 0 Å². The van der Waals surface area contributed by atoms with Gasteiger partial charge < -0.3 is 15.2 Å². The van der Waals surface area contributed by atoms with Crippen LogP contribution in [0.15, 0.2) is 0 Å². The Hall–Kier alpha value is -0.650. The van der Waals surface area contributed by atoms with Gasteiger partial charge >= 0.3 is 0 Å². The number of hydrogen-bond acceptors (Lipinski definition) is 4. The van der Waals surface area contributed by atoms with Crippen LogP contribution in [0.4, 0.5) is 0 Å². The maximum Gasteiger partial charge on any atom is 0.237 e. The van der Waals surface area contributed by atoms with Crippen molar-refractivity contribution >= 4 is 5.91 Å². The lowest BCUT2D eigenvalue weighted by molar-refractivity contribution is -0.126. The van der Waals surface area contributed by atoms with Crippen molar-refractivity contribution in [1.82, 2.24) is 10.2 Å². The average Bonchev–Trinajstić information content (AvgIpc) is 2.74. The molecular weight excluding hydrogens is 232 g/mol. The summed E-state index contributed by atoms with van der Waals surface area (Å²) >= 11 is 0. The monoisotopic (exact) mass is 258 g/mol. The molecule has 3 atom stereocenters. The molecule has 1 saturated heterocycles. The van der Waals surface area contributed by atoms with E-state index < -0.39 is 0 Å². The van der Waals surface area contributed by atoms with Gasteiger partial charge in [0.05, 0.1) is 12.6 Å². The molecule has 1 amide bonds. The fourth-order valence-corrected chi connectivity index (χ4v) is 2.53. The van der Waals surface area contributed by atoms with Crippen LogP contribution < -0.4 is 5.32 Å². The van der Waals surface area contributed by atoms with Gasteiger partial charge in [-0.1, -0.05) is 6.92 Å². The second kappa shape index (κ2) is 7.71. The first kappa shape index (κ1) is 15.4. The van der Waals surface area contributed by atoms with Gasteiger partial charge in [-0.15, -0.1) is 0 Å². The summed E-state index contributed by atoms with van der Waals surface area (Å²) in [5, 5.41) is 12.3. The van der Waals surface area contributed by atoms with Crippen molar-refractivity contribution < 1.29 is 14.6 Å². The third-order valence-corrected chi connectivity index (χ3v) is 3.81. The molecule has 0 aromatic heterocycles. The normalized spacial score (nSPS) is 26.2. The van der Waals surface area contributed by atoms with Crippen molar-refractivity contribution in [1.29, 1.82) is 0 Å². The molecule has 2 N–H and O–H groups in total. The van der Waals surface area contributed by atoms with Crippen molar-refractivity contribution in [2.45, 2.75) is 38.8 Å². The van der Waals surface area contributed by atoms with E-state index in [1.807, 2.05) is 6.92 Å². The predicted molar refractivity (Wildman–Crippen MR) is 70.3 cm³/mol. The number of ether oxygens (including phenoxy) is 1. The molecule has 5 nitrogen and oxygen atoms in total. The van der Waals surface area contributed by atoms with Crippen molar-refractivity contribution in [3.05, 3.63) is 0 Å². The van der Waals surface area contributed by atoms with E-state index in [-0.39, 0.29) is 24.6 Å². The van der Waals surface area contributed by atoms with Gasteiger partial charge in [-0.3, -0.25) is 9.69 Å². The summed E-state index contributed by atoms with van der Waals surface area (Å²) in [4.78, 5) is 14.1. The standard InChI is InChI=1S/C13H26N2O3/c1-10-5-7-15(12(10)9-16)11(2)13(17)14-6-4-8-18-3/h10-12,16H,4-9H2,1-3H3,(H,14,17). The number of likely N-dealkylation sites (tertiary alicyclic amines) is 1. The van der Waals surface area contributed by atoms with E-state index in [0.717, 1.165) is 19.4 Å². The summed E-state index contributed by atoms with van der Waals surface area (Å²) in [6.07, 6.45) is 1.88. The fourth-order valence-electron chi connectivity index (χ4n) is 2.53. The zero-order chi connectivity index (χ0) is 13.5. The summed E-state index contributed by atoms with van der Waals surface area (Å²) in [6.45, 7) is 6.36.